The number of rotatable bonds is 4. The number of hydrogen-bond donors (Lipinski definition) is 2. The van der Waals surface area contributed by atoms with Crippen LogP contribution in [0.15, 0.2) is 18.3 Å². The van der Waals surface area contributed by atoms with Crippen LogP contribution in [0.1, 0.15) is 38.0 Å². The van der Waals surface area contributed by atoms with Crippen LogP contribution in [0.4, 0.5) is 5.69 Å². The average molecular weight is 236 g/mol. The molecule has 2 heterocycles. The molecule has 0 spiro atoms. The van der Waals surface area contributed by atoms with Gasteiger partial charge < -0.3 is 15.1 Å². The summed E-state index contributed by atoms with van der Waals surface area (Å²) in [5.41, 5.74) is 1.75. The summed E-state index contributed by atoms with van der Waals surface area (Å²) in [6.07, 6.45) is 4.15. The molecule has 0 radical (unpaired) electrons. The Morgan fingerprint density at radius 3 is 2.94 bits per heavy atom. The minimum absolute atomic E-state index is 0.194. The van der Waals surface area contributed by atoms with Gasteiger partial charge in [0.2, 0.25) is 0 Å². The second-order valence-electron chi connectivity index (χ2n) is 4.54. The molecule has 1 aliphatic rings. The van der Waals surface area contributed by atoms with Crippen molar-refractivity contribution in [1.29, 1.82) is 0 Å². The molecule has 0 saturated carbocycles. The predicted octanol–water partition coefficient (Wildman–Crippen LogP) is 1.49. The molecular weight excluding hydrogens is 216 g/mol. The zero-order valence-electron chi connectivity index (χ0n) is 10.2. The van der Waals surface area contributed by atoms with Gasteiger partial charge in [-0.2, -0.15) is 0 Å². The number of aliphatic hydroxyl groups excluding tert-OH is 2. The molecule has 1 fully saturated rings. The van der Waals surface area contributed by atoms with Gasteiger partial charge in [0.25, 0.3) is 0 Å². The maximum absolute atomic E-state index is 9.67. The van der Waals surface area contributed by atoms with Crippen molar-refractivity contribution < 1.29 is 10.2 Å². The Kier molecular flexibility index (Phi) is 3.97. The maximum atomic E-state index is 9.67. The lowest BCUT2D eigenvalue weighted by atomic mass is 10.2. The van der Waals surface area contributed by atoms with E-state index in [9.17, 15) is 10.2 Å². The first-order valence-electron chi connectivity index (χ1n) is 6.27. The van der Waals surface area contributed by atoms with Gasteiger partial charge in [-0.1, -0.05) is 6.92 Å². The van der Waals surface area contributed by atoms with Crippen molar-refractivity contribution in [2.24, 2.45) is 0 Å². The van der Waals surface area contributed by atoms with Gasteiger partial charge in [0, 0.05) is 6.54 Å². The molecule has 94 valence electrons. The van der Waals surface area contributed by atoms with Crippen molar-refractivity contribution in [2.75, 3.05) is 18.1 Å². The van der Waals surface area contributed by atoms with Gasteiger partial charge in [-0.3, -0.25) is 4.98 Å². The monoisotopic (exact) mass is 236 g/mol. The summed E-state index contributed by atoms with van der Waals surface area (Å²) in [6.45, 7) is 3.10. The van der Waals surface area contributed by atoms with Crippen LogP contribution in [0.3, 0.4) is 0 Å². The average Bonchev–Trinajstić information content (AvgIpc) is 2.86. The zero-order valence-corrected chi connectivity index (χ0v) is 10.2. The second-order valence-corrected chi connectivity index (χ2v) is 4.54. The van der Waals surface area contributed by atoms with Crippen LogP contribution in [0.2, 0.25) is 0 Å². The summed E-state index contributed by atoms with van der Waals surface area (Å²) in [5.74, 6) is 0. The summed E-state index contributed by atoms with van der Waals surface area (Å²) in [7, 11) is 0. The van der Waals surface area contributed by atoms with Crippen molar-refractivity contribution in [3.05, 3.63) is 24.0 Å². The number of aromatic nitrogens is 1. The smallest absolute Gasteiger partial charge is 0.0957 e. The Balaban J connectivity index is 2.12. The van der Waals surface area contributed by atoms with Crippen LogP contribution in [-0.4, -0.2) is 34.4 Å². The highest BCUT2D eigenvalue weighted by Crippen LogP contribution is 2.25. The molecule has 1 saturated heterocycles. The molecule has 1 unspecified atom stereocenters. The number of anilines is 1. The first-order chi connectivity index (χ1) is 8.26. The number of pyridine rings is 1. The van der Waals surface area contributed by atoms with Gasteiger partial charge in [0.15, 0.2) is 0 Å². The third kappa shape index (κ3) is 2.58. The van der Waals surface area contributed by atoms with Gasteiger partial charge in [-0.05, 0) is 31.4 Å². The summed E-state index contributed by atoms with van der Waals surface area (Å²) < 4.78 is 0. The molecule has 2 atom stereocenters. The lowest BCUT2D eigenvalue weighted by Gasteiger charge is -2.25. The molecule has 0 bridgehead atoms. The Hall–Kier alpha value is -1.13. The summed E-state index contributed by atoms with van der Waals surface area (Å²) in [5, 5.41) is 18.9. The Labute approximate surface area is 102 Å². The summed E-state index contributed by atoms with van der Waals surface area (Å²) >= 11 is 0. The van der Waals surface area contributed by atoms with E-state index in [4.69, 9.17) is 0 Å². The van der Waals surface area contributed by atoms with Gasteiger partial charge in [-0.25, -0.2) is 0 Å². The van der Waals surface area contributed by atoms with Crippen LogP contribution in [0, 0.1) is 0 Å². The fourth-order valence-corrected chi connectivity index (χ4v) is 2.34. The van der Waals surface area contributed by atoms with E-state index in [1.807, 2.05) is 19.1 Å². The van der Waals surface area contributed by atoms with Crippen molar-refractivity contribution in [2.45, 2.75) is 38.3 Å². The van der Waals surface area contributed by atoms with Gasteiger partial charge in [-0.15, -0.1) is 0 Å². The molecule has 0 aromatic carbocycles. The van der Waals surface area contributed by atoms with Crippen molar-refractivity contribution in [3.63, 3.8) is 0 Å². The van der Waals surface area contributed by atoms with Crippen LogP contribution in [0.25, 0.3) is 0 Å². The van der Waals surface area contributed by atoms with Crippen LogP contribution < -0.4 is 4.90 Å². The molecule has 1 aromatic rings. The topological polar surface area (TPSA) is 56.6 Å². The first-order valence-corrected chi connectivity index (χ1v) is 6.27. The zero-order chi connectivity index (χ0) is 12.3. The molecule has 4 heteroatoms. The van der Waals surface area contributed by atoms with Crippen LogP contribution in [0.5, 0.6) is 0 Å². The van der Waals surface area contributed by atoms with Crippen molar-refractivity contribution >= 4 is 5.69 Å². The Bertz CT molecular complexity index is 353. The molecule has 4 nitrogen and oxygen atoms in total. The minimum Gasteiger partial charge on any atom is -0.394 e. The lowest BCUT2D eigenvalue weighted by Crippen LogP contribution is -2.32. The van der Waals surface area contributed by atoms with Gasteiger partial charge in [0.1, 0.15) is 0 Å². The number of nitrogens with zero attached hydrogens (tertiary/aromatic N) is 2. The second kappa shape index (κ2) is 5.47. The summed E-state index contributed by atoms with van der Waals surface area (Å²) in [4.78, 5) is 6.48. The molecule has 0 amide bonds. The van der Waals surface area contributed by atoms with Gasteiger partial charge >= 0.3 is 0 Å². The predicted molar refractivity (Wildman–Crippen MR) is 66.9 cm³/mol. The van der Waals surface area contributed by atoms with E-state index in [2.05, 4.69) is 9.88 Å². The third-order valence-corrected chi connectivity index (χ3v) is 3.42. The fourth-order valence-electron chi connectivity index (χ4n) is 2.34. The third-order valence-electron chi connectivity index (χ3n) is 3.42. The largest absolute Gasteiger partial charge is 0.394 e. The first kappa shape index (κ1) is 12.3. The van der Waals surface area contributed by atoms with Crippen LogP contribution >= 0.6 is 0 Å². The number of aliphatic hydroxyl groups is 2. The van der Waals surface area contributed by atoms with Crippen LogP contribution in [-0.2, 0) is 0 Å². The van der Waals surface area contributed by atoms with Crippen molar-refractivity contribution in [1.82, 2.24) is 4.98 Å². The maximum Gasteiger partial charge on any atom is 0.0957 e. The molecule has 2 rings (SSSR count). The molecule has 1 aromatic heterocycles. The summed E-state index contributed by atoms with van der Waals surface area (Å²) in [6, 6.07) is 4.07. The highest BCUT2D eigenvalue weighted by atomic mass is 16.3. The van der Waals surface area contributed by atoms with Gasteiger partial charge in [0.05, 0.1) is 36.3 Å². The Morgan fingerprint density at radius 1 is 1.53 bits per heavy atom. The fraction of sp³-hybridized carbons (Fsp3) is 0.615. The standard InChI is InChI=1S/C13H20N2O2/c1-2-13(17)12-6-5-10(8-14-12)15-7-3-4-11(15)9-16/h5-6,8,11,13,16-17H,2-4,7,9H2,1H3/t11?,13-/m1/s1. The molecule has 2 N–H and O–H groups in total. The highest BCUT2D eigenvalue weighted by Gasteiger charge is 2.24. The Morgan fingerprint density at radius 2 is 2.35 bits per heavy atom. The van der Waals surface area contributed by atoms with E-state index >= 15 is 0 Å². The minimum atomic E-state index is -0.476. The van der Waals surface area contributed by atoms with E-state index in [-0.39, 0.29) is 12.6 Å². The van der Waals surface area contributed by atoms with E-state index in [1.54, 1.807) is 6.20 Å². The molecule has 0 aliphatic carbocycles. The molecule has 1 aliphatic heterocycles. The molecule has 17 heavy (non-hydrogen) atoms. The normalized spacial score (nSPS) is 21.8. The van der Waals surface area contributed by atoms with E-state index in [0.29, 0.717) is 6.42 Å². The SMILES string of the molecule is CC[C@@H](O)c1ccc(N2CCCC2CO)cn1. The molecular formula is C13H20N2O2. The van der Waals surface area contributed by atoms with Crippen molar-refractivity contribution in [3.8, 4) is 0 Å². The van der Waals surface area contributed by atoms with E-state index in [1.165, 1.54) is 0 Å². The highest BCUT2D eigenvalue weighted by molar-refractivity contribution is 5.47. The van der Waals surface area contributed by atoms with E-state index in [0.717, 1.165) is 30.8 Å². The lowest BCUT2D eigenvalue weighted by molar-refractivity contribution is 0.169. The quantitative estimate of drug-likeness (QED) is 0.831. The van der Waals surface area contributed by atoms with E-state index < -0.39 is 6.10 Å². The number of hydrogen-bond acceptors (Lipinski definition) is 4.